The van der Waals surface area contributed by atoms with E-state index in [0.717, 1.165) is 16.6 Å². The molecule has 0 aliphatic heterocycles. The Balaban J connectivity index is 2.13. The Hall–Kier alpha value is -2.46. The fraction of sp³-hybridized carbons (Fsp3) is 0.167. The lowest BCUT2D eigenvalue weighted by Gasteiger charge is -2.19. The molecule has 4 nitrogen and oxygen atoms in total. The van der Waals surface area contributed by atoms with Crippen LogP contribution in [0.3, 0.4) is 0 Å². The average molecular weight is 330 g/mol. The number of aryl methyl sites for hydroxylation is 1. The van der Waals surface area contributed by atoms with E-state index >= 15 is 0 Å². The number of aromatic hydroxyl groups is 1. The molecule has 3 rings (SSSR count). The monoisotopic (exact) mass is 329 g/mol. The molecule has 5 heteroatoms. The maximum absolute atomic E-state index is 11.7. The van der Waals surface area contributed by atoms with E-state index in [2.05, 4.69) is 5.32 Å². The second-order valence-corrected chi connectivity index (χ2v) is 5.88. The predicted molar refractivity (Wildman–Crippen MR) is 92.4 cm³/mol. The van der Waals surface area contributed by atoms with E-state index < -0.39 is 5.63 Å². The van der Waals surface area contributed by atoms with Crippen LogP contribution in [0.1, 0.15) is 24.1 Å². The summed E-state index contributed by atoms with van der Waals surface area (Å²) in [4.78, 5) is 11.7. The van der Waals surface area contributed by atoms with Crippen molar-refractivity contribution in [1.29, 1.82) is 0 Å². The third kappa shape index (κ3) is 2.90. The molecule has 1 heterocycles. The number of phenols is 1. The summed E-state index contributed by atoms with van der Waals surface area (Å²) in [6, 6.07) is 11.8. The fourth-order valence-corrected chi connectivity index (χ4v) is 2.89. The van der Waals surface area contributed by atoms with E-state index in [-0.39, 0.29) is 11.8 Å². The lowest BCUT2D eigenvalue weighted by molar-refractivity contribution is 0.462. The van der Waals surface area contributed by atoms with Crippen molar-refractivity contribution >= 4 is 28.3 Å². The Labute approximate surface area is 138 Å². The number of hydrogen-bond acceptors (Lipinski definition) is 4. The number of rotatable bonds is 3. The topological polar surface area (TPSA) is 62.5 Å². The van der Waals surface area contributed by atoms with E-state index in [1.54, 1.807) is 18.2 Å². The highest BCUT2D eigenvalue weighted by Gasteiger charge is 2.18. The predicted octanol–water partition coefficient (Wildman–Crippen LogP) is 4.63. The molecule has 0 saturated heterocycles. The first-order valence-corrected chi connectivity index (χ1v) is 7.62. The standard InChI is InChI=1S/C18H16ClNO3/c1-10-9-16(22)23-18-12(10)7-8-15(21)17(18)11(2)20-14-6-4-3-5-13(14)19/h3-9,11,20-21H,1-2H3. The maximum atomic E-state index is 11.7. The lowest BCUT2D eigenvalue weighted by Crippen LogP contribution is -2.09. The Morgan fingerprint density at radius 3 is 2.70 bits per heavy atom. The van der Waals surface area contributed by atoms with Gasteiger partial charge in [-0.05, 0) is 43.7 Å². The van der Waals surface area contributed by atoms with Crippen LogP contribution in [0.25, 0.3) is 11.0 Å². The fourth-order valence-electron chi connectivity index (χ4n) is 2.70. The highest BCUT2D eigenvalue weighted by atomic mass is 35.5. The Morgan fingerprint density at radius 1 is 1.22 bits per heavy atom. The SMILES string of the molecule is Cc1cc(=O)oc2c(C(C)Nc3ccccc3Cl)c(O)ccc12. The van der Waals surface area contributed by atoms with Gasteiger partial charge in [0, 0.05) is 11.5 Å². The summed E-state index contributed by atoms with van der Waals surface area (Å²) in [5.74, 6) is 0.0679. The molecule has 1 unspecified atom stereocenters. The number of fused-ring (bicyclic) bond motifs is 1. The Bertz CT molecular complexity index is 933. The summed E-state index contributed by atoms with van der Waals surface area (Å²) < 4.78 is 5.35. The molecule has 1 atom stereocenters. The zero-order valence-corrected chi connectivity index (χ0v) is 13.5. The minimum atomic E-state index is -0.438. The van der Waals surface area contributed by atoms with Gasteiger partial charge in [0.2, 0.25) is 0 Å². The molecule has 1 aromatic heterocycles. The largest absolute Gasteiger partial charge is 0.507 e. The van der Waals surface area contributed by atoms with Crippen LogP contribution in [0.15, 0.2) is 51.7 Å². The van der Waals surface area contributed by atoms with Gasteiger partial charge in [-0.25, -0.2) is 4.79 Å². The molecule has 0 amide bonds. The molecule has 2 N–H and O–H groups in total. The first-order chi connectivity index (χ1) is 11.0. The van der Waals surface area contributed by atoms with Crippen molar-refractivity contribution in [1.82, 2.24) is 0 Å². The van der Waals surface area contributed by atoms with Crippen LogP contribution < -0.4 is 10.9 Å². The molecule has 0 aliphatic carbocycles. The first-order valence-electron chi connectivity index (χ1n) is 7.25. The van der Waals surface area contributed by atoms with Gasteiger partial charge in [-0.1, -0.05) is 23.7 Å². The van der Waals surface area contributed by atoms with E-state index in [4.69, 9.17) is 16.0 Å². The number of anilines is 1. The van der Waals surface area contributed by atoms with E-state index in [0.29, 0.717) is 16.2 Å². The van der Waals surface area contributed by atoms with E-state index in [1.165, 1.54) is 6.07 Å². The second kappa shape index (κ2) is 5.97. The van der Waals surface area contributed by atoms with Gasteiger partial charge in [-0.2, -0.15) is 0 Å². The molecular formula is C18H16ClNO3. The van der Waals surface area contributed by atoms with Crippen molar-refractivity contribution in [3.63, 3.8) is 0 Å². The van der Waals surface area contributed by atoms with E-state index in [9.17, 15) is 9.90 Å². The summed E-state index contributed by atoms with van der Waals surface area (Å²) in [6.07, 6.45) is 0. The van der Waals surface area contributed by atoms with Gasteiger partial charge in [0.1, 0.15) is 11.3 Å². The molecule has 0 radical (unpaired) electrons. The molecule has 23 heavy (non-hydrogen) atoms. The van der Waals surface area contributed by atoms with Gasteiger partial charge in [0.15, 0.2) is 0 Å². The third-order valence-corrected chi connectivity index (χ3v) is 4.14. The van der Waals surface area contributed by atoms with Crippen LogP contribution in [0.2, 0.25) is 5.02 Å². The summed E-state index contributed by atoms with van der Waals surface area (Å²) >= 11 is 6.17. The highest BCUT2D eigenvalue weighted by Crippen LogP contribution is 2.35. The number of benzene rings is 2. The second-order valence-electron chi connectivity index (χ2n) is 5.47. The maximum Gasteiger partial charge on any atom is 0.336 e. The Kier molecular flexibility index (Phi) is 4.01. The molecule has 2 aromatic carbocycles. The zero-order chi connectivity index (χ0) is 16.6. The quantitative estimate of drug-likeness (QED) is 0.687. The van der Waals surface area contributed by atoms with Crippen LogP contribution in [0.4, 0.5) is 5.69 Å². The minimum absolute atomic E-state index is 0.0679. The smallest absolute Gasteiger partial charge is 0.336 e. The molecule has 0 bridgehead atoms. The van der Waals surface area contributed by atoms with Crippen molar-refractivity contribution in [3.05, 3.63) is 69.0 Å². The Morgan fingerprint density at radius 2 is 1.96 bits per heavy atom. The number of phenolic OH excluding ortho intramolecular Hbond substituents is 1. The van der Waals surface area contributed by atoms with Crippen LogP contribution in [-0.2, 0) is 0 Å². The van der Waals surface area contributed by atoms with Crippen LogP contribution in [0.5, 0.6) is 5.75 Å². The number of halogens is 1. The van der Waals surface area contributed by atoms with Crippen molar-refractivity contribution in [3.8, 4) is 5.75 Å². The van der Waals surface area contributed by atoms with Crippen molar-refractivity contribution in [2.45, 2.75) is 19.9 Å². The summed E-state index contributed by atoms with van der Waals surface area (Å²) in [7, 11) is 0. The molecule has 0 fully saturated rings. The summed E-state index contributed by atoms with van der Waals surface area (Å²) in [5, 5.41) is 14.9. The van der Waals surface area contributed by atoms with Gasteiger partial charge < -0.3 is 14.8 Å². The average Bonchev–Trinajstić information content (AvgIpc) is 2.48. The summed E-state index contributed by atoms with van der Waals surface area (Å²) in [6.45, 7) is 3.71. The zero-order valence-electron chi connectivity index (χ0n) is 12.8. The number of nitrogens with one attached hydrogen (secondary N) is 1. The lowest BCUT2D eigenvalue weighted by atomic mass is 10.0. The highest BCUT2D eigenvalue weighted by molar-refractivity contribution is 6.33. The minimum Gasteiger partial charge on any atom is -0.507 e. The molecule has 0 spiro atoms. The molecule has 0 aliphatic rings. The normalized spacial score (nSPS) is 12.3. The third-order valence-electron chi connectivity index (χ3n) is 3.81. The number of hydrogen-bond donors (Lipinski definition) is 2. The molecule has 118 valence electrons. The van der Waals surface area contributed by atoms with E-state index in [1.807, 2.05) is 32.0 Å². The first kappa shape index (κ1) is 15.4. The van der Waals surface area contributed by atoms with Crippen LogP contribution in [-0.4, -0.2) is 5.11 Å². The van der Waals surface area contributed by atoms with Gasteiger partial charge in [-0.15, -0.1) is 0 Å². The van der Waals surface area contributed by atoms with Crippen LogP contribution >= 0.6 is 11.6 Å². The molecule has 0 saturated carbocycles. The van der Waals surface area contributed by atoms with Crippen molar-refractivity contribution in [2.75, 3.05) is 5.32 Å². The van der Waals surface area contributed by atoms with Gasteiger partial charge in [0.05, 0.1) is 22.3 Å². The molecular weight excluding hydrogens is 314 g/mol. The molecule has 3 aromatic rings. The van der Waals surface area contributed by atoms with Crippen molar-refractivity contribution < 1.29 is 9.52 Å². The summed E-state index contributed by atoms with van der Waals surface area (Å²) in [5.41, 5.74) is 2.03. The van der Waals surface area contributed by atoms with Gasteiger partial charge in [0.25, 0.3) is 0 Å². The number of para-hydroxylation sites is 1. The van der Waals surface area contributed by atoms with Crippen molar-refractivity contribution in [2.24, 2.45) is 0 Å². The van der Waals surface area contributed by atoms with Gasteiger partial charge in [-0.3, -0.25) is 0 Å². The van der Waals surface area contributed by atoms with Gasteiger partial charge >= 0.3 is 5.63 Å². The van der Waals surface area contributed by atoms with Crippen LogP contribution in [0, 0.1) is 6.92 Å².